The molecule has 2 aromatic rings. The number of hydrogen-bond acceptors (Lipinski definition) is 4. The van der Waals surface area contributed by atoms with Crippen molar-refractivity contribution in [1.29, 1.82) is 0 Å². The first-order valence-electron chi connectivity index (χ1n) is 7.06. The molecule has 1 heterocycles. The highest BCUT2D eigenvalue weighted by molar-refractivity contribution is 7.13. The van der Waals surface area contributed by atoms with Crippen LogP contribution in [0.25, 0.3) is 10.6 Å². The molecule has 0 spiro atoms. The van der Waals surface area contributed by atoms with E-state index in [1.165, 1.54) is 5.56 Å². The Morgan fingerprint density at radius 1 is 1.38 bits per heavy atom. The van der Waals surface area contributed by atoms with Gasteiger partial charge in [0.2, 0.25) is 5.91 Å². The quantitative estimate of drug-likeness (QED) is 0.861. The van der Waals surface area contributed by atoms with Crippen molar-refractivity contribution >= 4 is 17.2 Å². The molecule has 2 rings (SSSR count). The standard InChI is InChI=1S/C16H21N3OS/c1-11-3-5-13(6-4-11)16-19-14(10-21-16)7-15(20)18-9-12(2)8-17/h3-6,10,12H,7-9,17H2,1-2H3,(H,18,20). The average molecular weight is 303 g/mol. The predicted molar refractivity (Wildman–Crippen MR) is 87.2 cm³/mol. The van der Waals surface area contributed by atoms with Crippen molar-refractivity contribution in [1.82, 2.24) is 10.3 Å². The molecule has 3 N–H and O–H groups in total. The van der Waals surface area contributed by atoms with Crippen LogP contribution in [0.5, 0.6) is 0 Å². The third-order valence-corrected chi connectivity index (χ3v) is 4.18. The zero-order chi connectivity index (χ0) is 15.2. The number of nitrogens with zero attached hydrogens (tertiary/aromatic N) is 1. The molecule has 1 aromatic carbocycles. The molecule has 4 nitrogen and oxygen atoms in total. The van der Waals surface area contributed by atoms with E-state index in [0.717, 1.165) is 16.3 Å². The first-order chi connectivity index (χ1) is 10.1. The predicted octanol–water partition coefficient (Wildman–Crippen LogP) is 2.37. The van der Waals surface area contributed by atoms with Gasteiger partial charge in [0.05, 0.1) is 12.1 Å². The molecular weight excluding hydrogens is 282 g/mol. The Kier molecular flexibility index (Phi) is 5.47. The SMILES string of the molecule is Cc1ccc(-c2nc(CC(=O)NCC(C)CN)cs2)cc1. The van der Waals surface area contributed by atoms with E-state index in [1.54, 1.807) is 11.3 Å². The molecule has 5 heteroatoms. The lowest BCUT2D eigenvalue weighted by Gasteiger charge is -2.09. The molecule has 0 aliphatic heterocycles. The number of thiazole rings is 1. The number of aryl methyl sites for hydroxylation is 1. The zero-order valence-corrected chi connectivity index (χ0v) is 13.2. The van der Waals surface area contributed by atoms with Gasteiger partial charge in [0.25, 0.3) is 0 Å². The van der Waals surface area contributed by atoms with Crippen LogP contribution in [0.1, 0.15) is 18.2 Å². The monoisotopic (exact) mass is 303 g/mol. The van der Waals surface area contributed by atoms with Crippen molar-refractivity contribution in [3.05, 3.63) is 40.9 Å². The molecule has 1 unspecified atom stereocenters. The normalized spacial score (nSPS) is 12.1. The second-order valence-corrected chi connectivity index (χ2v) is 6.19. The lowest BCUT2D eigenvalue weighted by molar-refractivity contribution is -0.120. The van der Waals surface area contributed by atoms with Gasteiger partial charge >= 0.3 is 0 Å². The lowest BCUT2D eigenvalue weighted by atomic mass is 10.1. The molecule has 1 amide bonds. The fourth-order valence-corrected chi connectivity index (χ4v) is 2.64. The third kappa shape index (κ3) is 4.65. The summed E-state index contributed by atoms with van der Waals surface area (Å²) in [6.07, 6.45) is 0.319. The molecule has 1 atom stereocenters. The molecule has 0 fully saturated rings. The maximum atomic E-state index is 11.8. The van der Waals surface area contributed by atoms with Crippen molar-refractivity contribution in [2.24, 2.45) is 11.7 Å². The van der Waals surface area contributed by atoms with Crippen LogP contribution in [-0.2, 0) is 11.2 Å². The van der Waals surface area contributed by atoms with E-state index in [-0.39, 0.29) is 5.91 Å². The summed E-state index contributed by atoms with van der Waals surface area (Å²) in [6, 6.07) is 8.25. The average Bonchev–Trinajstić information content (AvgIpc) is 2.94. The van der Waals surface area contributed by atoms with Gasteiger partial charge < -0.3 is 11.1 Å². The molecule has 0 saturated heterocycles. The Balaban J connectivity index is 1.94. The van der Waals surface area contributed by atoms with Gasteiger partial charge in [-0.05, 0) is 19.4 Å². The van der Waals surface area contributed by atoms with E-state index in [0.29, 0.717) is 25.4 Å². The molecule has 1 aromatic heterocycles. The van der Waals surface area contributed by atoms with Gasteiger partial charge in [-0.1, -0.05) is 36.8 Å². The van der Waals surface area contributed by atoms with Crippen LogP contribution in [0.3, 0.4) is 0 Å². The highest BCUT2D eigenvalue weighted by atomic mass is 32.1. The van der Waals surface area contributed by atoms with Gasteiger partial charge in [-0.3, -0.25) is 4.79 Å². The van der Waals surface area contributed by atoms with Crippen LogP contribution in [0.4, 0.5) is 0 Å². The Labute approximate surface area is 129 Å². The summed E-state index contributed by atoms with van der Waals surface area (Å²) in [5.74, 6) is 0.295. The topological polar surface area (TPSA) is 68.0 Å². The summed E-state index contributed by atoms with van der Waals surface area (Å²) in [4.78, 5) is 16.4. The van der Waals surface area contributed by atoms with Gasteiger partial charge in [0, 0.05) is 17.5 Å². The molecule has 0 aliphatic rings. The molecule has 0 saturated carbocycles. The van der Waals surface area contributed by atoms with E-state index in [2.05, 4.69) is 41.5 Å². The molecule has 0 aliphatic carbocycles. The second kappa shape index (κ2) is 7.33. The fourth-order valence-electron chi connectivity index (χ4n) is 1.82. The second-order valence-electron chi connectivity index (χ2n) is 5.33. The summed E-state index contributed by atoms with van der Waals surface area (Å²) >= 11 is 1.57. The largest absolute Gasteiger partial charge is 0.355 e. The minimum Gasteiger partial charge on any atom is -0.355 e. The molecule has 21 heavy (non-hydrogen) atoms. The van der Waals surface area contributed by atoms with Crippen LogP contribution in [0, 0.1) is 12.8 Å². The van der Waals surface area contributed by atoms with Crippen LogP contribution >= 0.6 is 11.3 Å². The van der Waals surface area contributed by atoms with Crippen molar-refractivity contribution in [3.8, 4) is 10.6 Å². The van der Waals surface area contributed by atoms with Crippen LogP contribution in [0.15, 0.2) is 29.6 Å². The Hall–Kier alpha value is -1.72. The van der Waals surface area contributed by atoms with Crippen LogP contribution < -0.4 is 11.1 Å². The number of nitrogens with two attached hydrogens (primary N) is 1. The minimum atomic E-state index is -0.00365. The number of carbonyl (C=O) groups excluding carboxylic acids is 1. The van der Waals surface area contributed by atoms with Gasteiger partial charge in [0.15, 0.2) is 0 Å². The third-order valence-electron chi connectivity index (χ3n) is 3.24. The maximum absolute atomic E-state index is 11.8. The van der Waals surface area contributed by atoms with Crippen molar-refractivity contribution in [3.63, 3.8) is 0 Å². The van der Waals surface area contributed by atoms with Gasteiger partial charge in [-0.2, -0.15) is 0 Å². The molecule has 0 radical (unpaired) electrons. The molecular formula is C16H21N3OS. The zero-order valence-electron chi connectivity index (χ0n) is 12.4. The highest BCUT2D eigenvalue weighted by Crippen LogP contribution is 2.24. The summed E-state index contributed by atoms with van der Waals surface area (Å²) in [5, 5.41) is 5.78. The number of nitrogens with one attached hydrogen (secondary N) is 1. The number of rotatable bonds is 6. The van der Waals surface area contributed by atoms with E-state index >= 15 is 0 Å². The Morgan fingerprint density at radius 2 is 2.10 bits per heavy atom. The van der Waals surface area contributed by atoms with E-state index in [4.69, 9.17) is 5.73 Å². The number of hydrogen-bond donors (Lipinski definition) is 2. The fraction of sp³-hybridized carbons (Fsp3) is 0.375. The van der Waals surface area contributed by atoms with E-state index in [9.17, 15) is 4.79 Å². The summed E-state index contributed by atoms with van der Waals surface area (Å²) in [7, 11) is 0. The minimum absolute atomic E-state index is 0.00365. The highest BCUT2D eigenvalue weighted by Gasteiger charge is 2.09. The Morgan fingerprint density at radius 3 is 2.76 bits per heavy atom. The smallest absolute Gasteiger partial charge is 0.226 e. The van der Waals surface area contributed by atoms with Crippen LogP contribution in [-0.4, -0.2) is 24.0 Å². The van der Waals surface area contributed by atoms with Crippen molar-refractivity contribution in [2.75, 3.05) is 13.1 Å². The van der Waals surface area contributed by atoms with Gasteiger partial charge in [-0.15, -0.1) is 11.3 Å². The number of aromatic nitrogens is 1. The summed E-state index contributed by atoms with van der Waals surface area (Å²) < 4.78 is 0. The number of benzene rings is 1. The van der Waals surface area contributed by atoms with Crippen molar-refractivity contribution < 1.29 is 4.79 Å². The number of amides is 1. The number of carbonyl (C=O) groups is 1. The van der Waals surface area contributed by atoms with E-state index in [1.807, 2.05) is 12.3 Å². The van der Waals surface area contributed by atoms with Gasteiger partial charge in [-0.25, -0.2) is 4.98 Å². The van der Waals surface area contributed by atoms with E-state index < -0.39 is 0 Å². The molecule has 0 bridgehead atoms. The van der Waals surface area contributed by atoms with Crippen molar-refractivity contribution in [2.45, 2.75) is 20.3 Å². The molecule has 112 valence electrons. The first-order valence-corrected chi connectivity index (χ1v) is 7.94. The maximum Gasteiger partial charge on any atom is 0.226 e. The first kappa shape index (κ1) is 15.7. The summed E-state index contributed by atoms with van der Waals surface area (Å²) in [6.45, 7) is 5.27. The Bertz CT molecular complexity index is 592. The lowest BCUT2D eigenvalue weighted by Crippen LogP contribution is -2.32. The van der Waals surface area contributed by atoms with Gasteiger partial charge in [0.1, 0.15) is 5.01 Å². The summed E-state index contributed by atoms with van der Waals surface area (Å²) in [5.41, 5.74) is 8.66. The van der Waals surface area contributed by atoms with Crippen LogP contribution in [0.2, 0.25) is 0 Å².